The standard InChI is InChI=1S/C34H33ClF3N3O6S/c1-44-30-17-8-25(20-31(30)45-2)21-39-48(43,29-15-13-28(14-16-29)47-34(36,37)38)40-33(26-9-11-27(35)12-10-26)18-19-41(23-33)32(42)46-22-24-6-4-3-5-7-24/h3-17,20H,18-19,21-23H2,1-2H3,(H,39,40,43). The number of likely N-dealkylation sites (tertiary alicyclic amines) is 1. The second-order valence-electron chi connectivity index (χ2n) is 10.9. The van der Waals surface area contributed by atoms with Gasteiger partial charge in [0.05, 0.1) is 31.2 Å². The van der Waals surface area contributed by atoms with Crippen LogP contribution in [0.2, 0.25) is 5.02 Å². The van der Waals surface area contributed by atoms with E-state index in [-0.39, 0.29) is 31.1 Å². The molecule has 0 aromatic heterocycles. The molecule has 9 nitrogen and oxygen atoms in total. The Morgan fingerprint density at radius 1 is 0.938 bits per heavy atom. The van der Waals surface area contributed by atoms with E-state index in [0.717, 1.165) is 17.7 Å². The summed E-state index contributed by atoms with van der Waals surface area (Å²) in [6.07, 6.45) is -5.15. The number of alkyl halides is 3. The minimum Gasteiger partial charge on any atom is -0.493 e. The van der Waals surface area contributed by atoms with Crippen molar-refractivity contribution in [3.63, 3.8) is 0 Å². The molecule has 1 aliphatic rings. The Morgan fingerprint density at radius 3 is 2.27 bits per heavy atom. The van der Waals surface area contributed by atoms with Crippen molar-refractivity contribution in [2.24, 2.45) is 4.36 Å². The minimum absolute atomic E-state index is 0.0559. The smallest absolute Gasteiger partial charge is 0.493 e. The van der Waals surface area contributed by atoms with Gasteiger partial charge in [0.1, 0.15) is 22.3 Å². The van der Waals surface area contributed by atoms with Crippen LogP contribution in [0.4, 0.5) is 18.0 Å². The number of nitrogens with zero attached hydrogens (tertiary/aromatic N) is 2. The third kappa shape index (κ3) is 8.52. The molecule has 4 aromatic carbocycles. The lowest BCUT2D eigenvalue weighted by atomic mass is 9.90. The Bertz CT molecular complexity index is 1840. The van der Waals surface area contributed by atoms with Crippen molar-refractivity contribution in [1.29, 1.82) is 0 Å². The summed E-state index contributed by atoms with van der Waals surface area (Å²) < 4.78 is 82.0. The van der Waals surface area contributed by atoms with Gasteiger partial charge in [0.15, 0.2) is 11.5 Å². The SMILES string of the molecule is COc1ccc(CN=S(=O)(NC2(c3ccc(Cl)cc3)CCN(C(=O)OCc3ccccc3)C2)c2ccc(OC(F)(F)F)cc2)cc1OC. The molecule has 1 N–H and O–H groups in total. The Labute approximate surface area is 281 Å². The summed E-state index contributed by atoms with van der Waals surface area (Å²) in [5.74, 6) is 0.456. The number of hydrogen-bond acceptors (Lipinski definition) is 7. The molecule has 1 aliphatic heterocycles. The fourth-order valence-electron chi connectivity index (χ4n) is 5.32. The maximum absolute atomic E-state index is 15.1. The molecule has 2 atom stereocenters. The van der Waals surface area contributed by atoms with Gasteiger partial charge < -0.3 is 23.8 Å². The maximum atomic E-state index is 15.1. The number of rotatable bonds is 11. The molecule has 0 aliphatic carbocycles. The second kappa shape index (κ2) is 14.8. The normalized spacial score (nSPS) is 17.3. The van der Waals surface area contributed by atoms with Crippen LogP contribution in [0, 0.1) is 0 Å². The Balaban J connectivity index is 1.52. The van der Waals surface area contributed by atoms with E-state index in [9.17, 15) is 18.0 Å². The Kier molecular flexibility index (Phi) is 10.7. The van der Waals surface area contributed by atoms with Gasteiger partial charge in [-0.15, -0.1) is 13.2 Å². The highest BCUT2D eigenvalue weighted by atomic mass is 35.5. The van der Waals surface area contributed by atoms with Crippen LogP contribution in [0.25, 0.3) is 0 Å². The first-order valence-corrected chi connectivity index (χ1v) is 16.6. The van der Waals surface area contributed by atoms with E-state index in [2.05, 4.69) is 13.8 Å². The predicted octanol–water partition coefficient (Wildman–Crippen LogP) is 7.73. The first-order valence-electron chi connectivity index (χ1n) is 14.7. The number of carbonyl (C=O) groups is 1. The summed E-state index contributed by atoms with van der Waals surface area (Å²) in [7, 11) is -0.622. The molecule has 254 valence electrons. The van der Waals surface area contributed by atoms with Gasteiger partial charge in [-0.3, -0.25) is 0 Å². The third-order valence-corrected chi connectivity index (χ3v) is 10.0. The molecule has 1 heterocycles. The van der Waals surface area contributed by atoms with Crippen LogP contribution in [0.15, 0.2) is 106 Å². The first-order chi connectivity index (χ1) is 22.9. The number of amides is 1. The third-order valence-electron chi connectivity index (χ3n) is 7.72. The fraction of sp³-hybridized carbons (Fsp3) is 0.265. The highest BCUT2D eigenvalue weighted by molar-refractivity contribution is 7.91. The summed E-state index contributed by atoms with van der Waals surface area (Å²) in [5.41, 5.74) is 1.02. The van der Waals surface area contributed by atoms with Gasteiger partial charge in [0.2, 0.25) is 0 Å². The second-order valence-corrected chi connectivity index (χ2v) is 13.3. The molecule has 0 radical (unpaired) electrons. The zero-order valence-electron chi connectivity index (χ0n) is 26.0. The number of nitrogens with one attached hydrogen (secondary N) is 1. The molecule has 0 saturated carbocycles. The molecule has 5 rings (SSSR count). The van der Waals surface area contributed by atoms with E-state index in [1.165, 1.54) is 31.3 Å². The molecule has 4 aromatic rings. The molecular formula is C34H33ClF3N3O6S. The molecule has 48 heavy (non-hydrogen) atoms. The molecule has 1 amide bonds. The van der Waals surface area contributed by atoms with E-state index < -0.39 is 33.7 Å². The molecule has 2 unspecified atom stereocenters. The van der Waals surface area contributed by atoms with E-state index in [1.807, 2.05) is 30.3 Å². The lowest BCUT2D eigenvalue weighted by Crippen LogP contribution is -2.48. The summed E-state index contributed by atoms with van der Waals surface area (Å²) in [4.78, 5) is 14.9. The number of carbonyl (C=O) groups excluding carboxylic acids is 1. The highest BCUT2D eigenvalue weighted by Gasteiger charge is 2.44. The van der Waals surface area contributed by atoms with Crippen molar-refractivity contribution in [3.05, 3.63) is 119 Å². The predicted molar refractivity (Wildman–Crippen MR) is 174 cm³/mol. The average molecular weight is 704 g/mol. The summed E-state index contributed by atoms with van der Waals surface area (Å²) in [6, 6.07) is 25.9. The lowest BCUT2D eigenvalue weighted by molar-refractivity contribution is -0.274. The topological polar surface area (TPSA) is 98.7 Å². The summed E-state index contributed by atoms with van der Waals surface area (Å²) in [6.45, 7) is 0.320. The van der Waals surface area contributed by atoms with Crippen molar-refractivity contribution >= 4 is 27.6 Å². The van der Waals surface area contributed by atoms with Crippen LogP contribution in [-0.4, -0.2) is 48.9 Å². The monoisotopic (exact) mass is 703 g/mol. The van der Waals surface area contributed by atoms with Gasteiger partial charge >= 0.3 is 12.5 Å². The number of ether oxygens (including phenoxy) is 4. The van der Waals surface area contributed by atoms with Gasteiger partial charge in [0, 0.05) is 18.1 Å². The van der Waals surface area contributed by atoms with Crippen molar-refractivity contribution in [3.8, 4) is 17.2 Å². The van der Waals surface area contributed by atoms with Crippen molar-refractivity contribution in [2.75, 3.05) is 27.3 Å². The molecular weight excluding hydrogens is 671 g/mol. The van der Waals surface area contributed by atoms with Gasteiger partial charge in [0.25, 0.3) is 0 Å². The van der Waals surface area contributed by atoms with Crippen LogP contribution in [-0.2, 0) is 33.3 Å². The number of halogens is 4. The quantitative estimate of drug-likeness (QED) is 0.172. The lowest BCUT2D eigenvalue weighted by Gasteiger charge is -2.33. The van der Waals surface area contributed by atoms with Crippen LogP contribution >= 0.6 is 11.6 Å². The molecule has 1 fully saturated rings. The molecule has 1 saturated heterocycles. The first kappa shape index (κ1) is 34.9. The maximum Gasteiger partial charge on any atom is 0.573 e. The van der Waals surface area contributed by atoms with E-state index in [1.54, 1.807) is 42.5 Å². The van der Waals surface area contributed by atoms with E-state index in [0.29, 0.717) is 34.1 Å². The molecule has 14 heteroatoms. The van der Waals surface area contributed by atoms with Crippen molar-refractivity contribution in [1.82, 2.24) is 9.62 Å². The average Bonchev–Trinajstić information content (AvgIpc) is 3.51. The zero-order chi connectivity index (χ0) is 34.4. The van der Waals surface area contributed by atoms with Gasteiger partial charge in [-0.2, -0.15) is 0 Å². The summed E-state index contributed by atoms with van der Waals surface area (Å²) in [5, 5.41) is 0.477. The molecule has 0 spiro atoms. The minimum atomic E-state index is -4.90. The van der Waals surface area contributed by atoms with Crippen molar-refractivity contribution in [2.45, 2.75) is 36.4 Å². The Hall–Kier alpha value is -4.46. The molecule has 0 bridgehead atoms. The van der Waals surface area contributed by atoms with Crippen molar-refractivity contribution < 1.29 is 41.1 Å². The fourth-order valence-corrected chi connectivity index (χ4v) is 7.43. The van der Waals surface area contributed by atoms with Gasteiger partial charge in [-0.25, -0.2) is 18.1 Å². The Morgan fingerprint density at radius 2 is 1.62 bits per heavy atom. The number of benzene rings is 4. The van der Waals surface area contributed by atoms with Crippen LogP contribution < -0.4 is 18.9 Å². The van der Waals surface area contributed by atoms with E-state index in [4.69, 9.17) is 25.8 Å². The van der Waals surface area contributed by atoms with Gasteiger partial charge in [-0.05, 0) is 71.6 Å². The highest BCUT2D eigenvalue weighted by Crippen LogP contribution is 2.36. The van der Waals surface area contributed by atoms with Crippen LogP contribution in [0.5, 0.6) is 17.2 Å². The number of hydrogen-bond donors (Lipinski definition) is 1. The largest absolute Gasteiger partial charge is 0.573 e. The van der Waals surface area contributed by atoms with Crippen LogP contribution in [0.1, 0.15) is 23.1 Å². The van der Waals surface area contributed by atoms with Gasteiger partial charge in [-0.1, -0.05) is 60.1 Å². The van der Waals surface area contributed by atoms with E-state index >= 15 is 4.21 Å². The van der Waals surface area contributed by atoms with Crippen LogP contribution in [0.3, 0.4) is 0 Å². The zero-order valence-corrected chi connectivity index (χ0v) is 27.6. The summed E-state index contributed by atoms with van der Waals surface area (Å²) >= 11 is 6.20. The number of methoxy groups -OCH3 is 2.